The van der Waals surface area contributed by atoms with E-state index in [4.69, 9.17) is 24.1 Å². The molecule has 0 bridgehead atoms. The maximum atomic E-state index is 14.2. The second-order valence-electron chi connectivity index (χ2n) is 14.3. The minimum absolute atomic E-state index is 0.00123. The fraction of sp³-hybridized carbons (Fsp3) is 0.381. The molecule has 0 fully saturated rings. The van der Waals surface area contributed by atoms with Gasteiger partial charge in [0.05, 0.1) is 31.0 Å². The summed E-state index contributed by atoms with van der Waals surface area (Å²) in [5, 5.41) is 28.8. The van der Waals surface area contributed by atoms with Crippen LogP contribution in [0, 0.1) is 5.92 Å². The van der Waals surface area contributed by atoms with Crippen LogP contribution >= 0.6 is 0 Å². The Hall–Kier alpha value is -6.62. The van der Waals surface area contributed by atoms with Crippen LogP contribution in [0.25, 0.3) is 0 Å². The second-order valence-corrected chi connectivity index (χ2v) is 14.3. The van der Waals surface area contributed by atoms with Crippen molar-refractivity contribution in [2.75, 3.05) is 30.5 Å². The van der Waals surface area contributed by atoms with Gasteiger partial charge in [-0.3, -0.25) is 19.2 Å². The van der Waals surface area contributed by atoms with E-state index in [9.17, 15) is 33.9 Å². The van der Waals surface area contributed by atoms with Crippen molar-refractivity contribution >= 4 is 47.3 Å². The Kier molecular flexibility index (Phi) is 14.5. The van der Waals surface area contributed by atoms with Crippen LogP contribution in [-0.2, 0) is 43.4 Å². The molecular weight excluding hydrogens is 766 g/mol. The molecule has 2 aliphatic rings. The number of carbonyl (C=O) groups excluding carboxylic acids is 5. The summed E-state index contributed by atoms with van der Waals surface area (Å²) < 4.78 is 22.0. The SMILES string of the molecule is C=CCOC(=O)N[C@H](C(=O)N[C@@H](C)C(=O)Nc1ccc(COC(=O)N2c3cc(OCCCC(=O)O)c(OC)cc3C(=O)N3Cc4ccccc4C[C@H]3C2O)cc1)C(C)C. The minimum atomic E-state index is -1.55. The number of aliphatic carboxylic acids is 1. The fourth-order valence-electron chi connectivity index (χ4n) is 6.67. The number of anilines is 2. The van der Waals surface area contributed by atoms with Gasteiger partial charge in [-0.05, 0) is 60.6 Å². The number of nitrogens with one attached hydrogen (secondary N) is 3. The highest BCUT2D eigenvalue weighted by atomic mass is 16.6. The molecule has 2 heterocycles. The average Bonchev–Trinajstić information content (AvgIpc) is 3.29. The van der Waals surface area contributed by atoms with Crippen LogP contribution in [0.3, 0.4) is 0 Å². The molecule has 0 aromatic heterocycles. The fourth-order valence-corrected chi connectivity index (χ4v) is 6.67. The summed E-state index contributed by atoms with van der Waals surface area (Å²) in [5.74, 6) is -2.54. The molecule has 5 amide bonds. The van der Waals surface area contributed by atoms with Gasteiger partial charge in [-0.15, -0.1) is 0 Å². The van der Waals surface area contributed by atoms with Crippen LogP contribution in [0.5, 0.6) is 11.5 Å². The Morgan fingerprint density at radius 3 is 2.32 bits per heavy atom. The maximum Gasteiger partial charge on any atom is 0.416 e. The number of hydrogen-bond acceptors (Lipinski definition) is 11. The van der Waals surface area contributed by atoms with Crippen LogP contribution in [0.15, 0.2) is 73.3 Å². The molecule has 3 aromatic carbocycles. The Bertz CT molecular complexity index is 2060. The number of benzene rings is 3. The molecule has 17 heteroatoms. The third kappa shape index (κ3) is 10.7. The first-order chi connectivity index (χ1) is 28.2. The van der Waals surface area contributed by atoms with E-state index in [0.29, 0.717) is 11.3 Å². The molecule has 59 heavy (non-hydrogen) atoms. The van der Waals surface area contributed by atoms with Crippen LogP contribution in [0.2, 0.25) is 0 Å². The number of aliphatic hydroxyl groups excluding tert-OH is 1. The first-order valence-electron chi connectivity index (χ1n) is 19.0. The van der Waals surface area contributed by atoms with Gasteiger partial charge < -0.3 is 50.0 Å². The van der Waals surface area contributed by atoms with Gasteiger partial charge in [-0.25, -0.2) is 14.5 Å². The molecule has 5 N–H and O–H groups in total. The summed E-state index contributed by atoms with van der Waals surface area (Å²) in [5.41, 5.74) is 2.81. The Morgan fingerprint density at radius 2 is 1.66 bits per heavy atom. The van der Waals surface area contributed by atoms with Crippen molar-refractivity contribution < 1.29 is 57.9 Å². The van der Waals surface area contributed by atoms with Gasteiger partial charge in [0.1, 0.15) is 25.3 Å². The topological polar surface area (TPSA) is 222 Å². The molecule has 2 aliphatic heterocycles. The van der Waals surface area contributed by atoms with Crippen molar-refractivity contribution in [3.63, 3.8) is 0 Å². The lowest BCUT2D eigenvalue weighted by molar-refractivity contribution is -0.137. The lowest BCUT2D eigenvalue weighted by Crippen LogP contribution is -2.55. The number of methoxy groups -OCH3 is 1. The van der Waals surface area contributed by atoms with Crippen LogP contribution in [0.1, 0.15) is 60.7 Å². The number of ether oxygens (including phenoxy) is 4. The molecule has 0 aliphatic carbocycles. The number of amides is 5. The third-order valence-corrected chi connectivity index (χ3v) is 9.81. The summed E-state index contributed by atoms with van der Waals surface area (Å²) in [7, 11) is 1.39. The number of carboxylic acid groups (broad SMARTS) is 1. The first-order valence-corrected chi connectivity index (χ1v) is 19.0. The Labute approximate surface area is 341 Å². The minimum Gasteiger partial charge on any atom is -0.493 e. The zero-order chi connectivity index (χ0) is 42.8. The average molecular weight is 816 g/mol. The number of hydrogen-bond donors (Lipinski definition) is 5. The Balaban J connectivity index is 1.30. The van der Waals surface area contributed by atoms with E-state index in [-0.39, 0.29) is 74.3 Å². The van der Waals surface area contributed by atoms with Crippen molar-refractivity contribution in [2.24, 2.45) is 5.92 Å². The van der Waals surface area contributed by atoms with Gasteiger partial charge in [0.25, 0.3) is 5.91 Å². The molecule has 3 aromatic rings. The van der Waals surface area contributed by atoms with E-state index < -0.39 is 60.2 Å². The van der Waals surface area contributed by atoms with Gasteiger partial charge in [0.15, 0.2) is 17.7 Å². The van der Waals surface area contributed by atoms with Crippen LogP contribution < -0.4 is 30.3 Å². The number of aliphatic hydroxyl groups is 1. The van der Waals surface area contributed by atoms with E-state index in [1.807, 2.05) is 24.3 Å². The normalized spacial score (nSPS) is 16.5. The van der Waals surface area contributed by atoms with E-state index in [1.165, 1.54) is 37.1 Å². The van der Waals surface area contributed by atoms with Crippen molar-refractivity contribution in [1.29, 1.82) is 0 Å². The molecule has 1 unspecified atom stereocenters. The highest BCUT2D eigenvalue weighted by Gasteiger charge is 2.45. The third-order valence-electron chi connectivity index (χ3n) is 9.81. The summed E-state index contributed by atoms with van der Waals surface area (Å²) in [4.78, 5) is 79.8. The Morgan fingerprint density at radius 1 is 0.949 bits per heavy atom. The number of carboxylic acids is 1. The molecule has 4 atom stereocenters. The number of alkyl carbamates (subject to hydrolysis) is 1. The predicted molar refractivity (Wildman–Crippen MR) is 214 cm³/mol. The summed E-state index contributed by atoms with van der Waals surface area (Å²) in [6, 6.07) is 14.0. The lowest BCUT2D eigenvalue weighted by atomic mass is 9.93. The van der Waals surface area contributed by atoms with Crippen molar-refractivity contribution in [2.45, 2.75) is 77.5 Å². The lowest BCUT2D eigenvalue weighted by Gasteiger charge is -2.39. The molecule has 0 saturated carbocycles. The predicted octanol–water partition coefficient (Wildman–Crippen LogP) is 4.36. The molecule has 0 saturated heterocycles. The standard InChI is InChI=1S/C42H49N5O12/c1-6-17-58-41(54)45-36(24(2)3)38(51)43-25(4)37(50)44-29-15-13-26(14-16-29)23-59-42(55)47-31-21-34(57-18-9-12-35(48)49)33(56-5)20-30(31)39(52)46-22-28-11-8-7-10-27(28)19-32(46)40(47)53/h6-8,10-11,13-16,20-21,24-25,32,36,40,53H,1,9,12,17-19,22-23H2,2-5H3,(H,43,51)(H,44,50)(H,45,54)(H,48,49)/t25-,32-,36-,40?/m0/s1. The molecule has 5 rings (SSSR count). The second kappa shape index (κ2) is 19.7. The largest absolute Gasteiger partial charge is 0.493 e. The van der Waals surface area contributed by atoms with Crippen LogP contribution in [-0.4, -0.2) is 95.7 Å². The monoisotopic (exact) mass is 815 g/mol. The molecule has 314 valence electrons. The van der Waals surface area contributed by atoms with Gasteiger partial charge in [0, 0.05) is 24.7 Å². The van der Waals surface area contributed by atoms with Gasteiger partial charge in [0.2, 0.25) is 11.8 Å². The zero-order valence-corrected chi connectivity index (χ0v) is 33.3. The summed E-state index contributed by atoms with van der Waals surface area (Å²) >= 11 is 0. The summed E-state index contributed by atoms with van der Waals surface area (Å²) in [6.07, 6.45) is -1.61. The zero-order valence-electron chi connectivity index (χ0n) is 33.3. The van der Waals surface area contributed by atoms with Gasteiger partial charge in [-0.1, -0.05) is 62.9 Å². The number of carbonyl (C=O) groups is 6. The van der Waals surface area contributed by atoms with E-state index in [2.05, 4.69) is 22.5 Å². The van der Waals surface area contributed by atoms with Crippen molar-refractivity contribution in [1.82, 2.24) is 15.5 Å². The van der Waals surface area contributed by atoms with E-state index in [1.54, 1.807) is 38.1 Å². The number of rotatable bonds is 16. The highest BCUT2D eigenvalue weighted by Crippen LogP contribution is 2.41. The maximum absolute atomic E-state index is 14.2. The number of fused-ring (bicyclic) bond motifs is 3. The molecule has 0 radical (unpaired) electrons. The van der Waals surface area contributed by atoms with E-state index in [0.717, 1.165) is 16.0 Å². The molecule has 17 nitrogen and oxygen atoms in total. The quantitative estimate of drug-likeness (QED) is 0.101. The van der Waals surface area contributed by atoms with Gasteiger partial charge >= 0.3 is 18.2 Å². The molecular formula is C42H49N5O12. The smallest absolute Gasteiger partial charge is 0.416 e. The molecule has 0 spiro atoms. The van der Waals surface area contributed by atoms with Gasteiger partial charge in [-0.2, -0.15) is 0 Å². The van der Waals surface area contributed by atoms with E-state index >= 15 is 0 Å². The van der Waals surface area contributed by atoms with Crippen LogP contribution in [0.4, 0.5) is 21.0 Å². The number of nitrogens with zero attached hydrogens (tertiary/aromatic N) is 2. The van der Waals surface area contributed by atoms with Crippen molar-refractivity contribution in [3.05, 3.63) is 95.6 Å². The van der Waals surface area contributed by atoms with Crippen molar-refractivity contribution in [3.8, 4) is 11.5 Å². The highest BCUT2D eigenvalue weighted by molar-refractivity contribution is 6.06. The first kappa shape index (κ1) is 43.5. The summed E-state index contributed by atoms with van der Waals surface area (Å²) in [6.45, 7) is 8.34.